The zero-order chi connectivity index (χ0) is 15.8. The minimum Gasteiger partial charge on any atom is -0.374 e. The largest absolute Gasteiger partial charge is 0.374 e. The van der Waals surface area contributed by atoms with Crippen molar-refractivity contribution in [3.05, 3.63) is 35.4 Å². The third-order valence-electron chi connectivity index (χ3n) is 3.59. The number of hydrogen-bond donors (Lipinski definition) is 2. The van der Waals surface area contributed by atoms with Crippen LogP contribution in [0.15, 0.2) is 29.3 Å². The van der Waals surface area contributed by atoms with Gasteiger partial charge in [-0.25, -0.2) is 4.99 Å². The van der Waals surface area contributed by atoms with Crippen LogP contribution in [0.2, 0.25) is 0 Å². The molecule has 0 amide bonds. The first kappa shape index (κ1) is 20.2. The molecule has 1 aromatic carbocycles. The summed E-state index contributed by atoms with van der Waals surface area (Å²) in [5.74, 6) is 1.76. The summed E-state index contributed by atoms with van der Waals surface area (Å²) in [4.78, 5) is 4.67. The van der Waals surface area contributed by atoms with E-state index in [1.54, 1.807) is 0 Å². The summed E-state index contributed by atoms with van der Waals surface area (Å²) in [6.07, 6.45) is 2.96. The van der Waals surface area contributed by atoms with Gasteiger partial charge in [-0.1, -0.05) is 24.3 Å². The number of rotatable bonds is 8. The first-order valence-electron chi connectivity index (χ1n) is 8.39. The van der Waals surface area contributed by atoms with Crippen LogP contribution in [-0.2, 0) is 17.9 Å². The molecule has 130 valence electrons. The molecule has 0 atom stereocenters. The Hall–Kier alpha value is -0.820. The van der Waals surface area contributed by atoms with Crippen molar-refractivity contribution >= 4 is 29.9 Å². The fourth-order valence-corrected chi connectivity index (χ4v) is 2.16. The maximum atomic E-state index is 5.66. The average molecular weight is 431 g/mol. The van der Waals surface area contributed by atoms with Crippen LogP contribution < -0.4 is 10.6 Å². The Morgan fingerprint density at radius 1 is 1.26 bits per heavy atom. The van der Waals surface area contributed by atoms with Crippen molar-refractivity contribution in [1.29, 1.82) is 0 Å². The smallest absolute Gasteiger partial charge is 0.191 e. The predicted octanol–water partition coefficient (Wildman–Crippen LogP) is 3.69. The molecule has 0 radical (unpaired) electrons. The van der Waals surface area contributed by atoms with Crippen molar-refractivity contribution in [3.8, 4) is 0 Å². The summed E-state index contributed by atoms with van der Waals surface area (Å²) in [6, 6.07) is 8.48. The molecule has 0 aliphatic heterocycles. The number of guanidine groups is 1. The lowest BCUT2D eigenvalue weighted by molar-refractivity contribution is 0.0657. The summed E-state index contributed by atoms with van der Waals surface area (Å²) in [7, 11) is 0. The van der Waals surface area contributed by atoms with Crippen LogP contribution in [0, 0.1) is 5.92 Å². The van der Waals surface area contributed by atoms with Crippen LogP contribution in [0.25, 0.3) is 0 Å². The first-order chi connectivity index (χ1) is 10.7. The van der Waals surface area contributed by atoms with Crippen molar-refractivity contribution in [1.82, 2.24) is 10.6 Å². The molecular weight excluding hydrogens is 401 g/mol. The monoisotopic (exact) mass is 431 g/mol. The molecule has 23 heavy (non-hydrogen) atoms. The normalized spacial score (nSPS) is 14.5. The number of benzene rings is 1. The maximum Gasteiger partial charge on any atom is 0.191 e. The molecule has 1 aromatic rings. The Morgan fingerprint density at radius 3 is 2.65 bits per heavy atom. The fourth-order valence-electron chi connectivity index (χ4n) is 2.16. The van der Waals surface area contributed by atoms with E-state index in [1.807, 2.05) is 0 Å². The minimum atomic E-state index is 0. The minimum absolute atomic E-state index is 0. The first-order valence-corrected chi connectivity index (χ1v) is 8.39. The van der Waals surface area contributed by atoms with E-state index in [2.05, 4.69) is 60.7 Å². The standard InChI is InChI=1S/C18H29N3O.HI/c1-4-19-18(20-11-15-8-9-15)21-12-16-6-5-7-17(10-16)13-22-14(2)3;/h5-7,10,14-15H,4,8-9,11-13H2,1-3H3,(H2,19,20,21);1H. The van der Waals surface area contributed by atoms with Crippen molar-refractivity contribution in [2.75, 3.05) is 13.1 Å². The van der Waals surface area contributed by atoms with E-state index in [9.17, 15) is 0 Å². The van der Waals surface area contributed by atoms with Crippen LogP contribution in [0.5, 0.6) is 0 Å². The number of nitrogens with one attached hydrogen (secondary N) is 2. The Labute approximate surface area is 157 Å². The molecule has 1 aliphatic carbocycles. The van der Waals surface area contributed by atoms with Crippen LogP contribution in [0.4, 0.5) is 0 Å². The molecule has 1 aliphatic rings. The molecule has 4 nitrogen and oxygen atoms in total. The summed E-state index contributed by atoms with van der Waals surface area (Å²) < 4.78 is 5.66. The predicted molar refractivity (Wildman–Crippen MR) is 107 cm³/mol. The lowest BCUT2D eigenvalue weighted by Crippen LogP contribution is -2.38. The number of hydrogen-bond acceptors (Lipinski definition) is 2. The molecule has 2 N–H and O–H groups in total. The number of nitrogens with zero attached hydrogens (tertiary/aromatic N) is 1. The van der Waals surface area contributed by atoms with Crippen LogP contribution >= 0.6 is 24.0 Å². The van der Waals surface area contributed by atoms with Crippen molar-refractivity contribution in [2.24, 2.45) is 10.9 Å². The van der Waals surface area contributed by atoms with Gasteiger partial charge in [0.15, 0.2) is 5.96 Å². The Balaban J connectivity index is 0.00000264. The Bertz CT molecular complexity index is 487. The quantitative estimate of drug-likeness (QED) is 0.375. The summed E-state index contributed by atoms with van der Waals surface area (Å²) in [6.45, 7) is 9.49. The molecule has 0 heterocycles. The number of halogens is 1. The molecule has 0 spiro atoms. The summed E-state index contributed by atoms with van der Waals surface area (Å²) in [5, 5.41) is 6.73. The van der Waals surface area contributed by atoms with E-state index in [4.69, 9.17) is 4.74 Å². The highest BCUT2D eigenvalue weighted by molar-refractivity contribution is 14.0. The third-order valence-corrected chi connectivity index (χ3v) is 3.59. The topological polar surface area (TPSA) is 45.7 Å². The zero-order valence-electron chi connectivity index (χ0n) is 14.5. The molecular formula is C18H30IN3O. The Kier molecular flexibility index (Phi) is 9.55. The zero-order valence-corrected chi connectivity index (χ0v) is 16.8. The third kappa shape index (κ3) is 8.55. The molecule has 1 saturated carbocycles. The average Bonchev–Trinajstić information content (AvgIpc) is 3.33. The van der Waals surface area contributed by atoms with Gasteiger partial charge in [-0.05, 0) is 50.7 Å². The highest BCUT2D eigenvalue weighted by Gasteiger charge is 2.20. The van der Waals surface area contributed by atoms with Gasteiger partial charge < -0.3 is 15.4 Å². The fraction of sp³-hybridized carbons (Fsp3) is 0.611. The van der Waals surface area contributed by atoms with Crippen molar-refractivity contribution in [2.45, 2.75) is 52.9 Å². The van der Waals surface area contributed by atoms with E-state index in [1.165, 1.54) is 24.0 Å². The van der Waals surface area contributed by atoms with Gasteiger partial charge in [-0.3, -0.25) is 0 Å². The van der Waals surface area contributed by atoms with Gasteiger partial charge >= 0.3 is 0 Å². The van der Waals surface area contributed by atoms with Crippen molar-refractivity contribution in [3.63, 3.8) is 0 Å². The summed E-state index contributed by atoms with van der Waals surface area (Å²) in [5.41, 5.74) is 2.42. The van der Waals surface area contributed by atoms with E-state index in [0.29, 0.717) is 13.2 Å². The highest BCUT2D eigenvalue weighted by Crippen LogP contribution is 2.27. The van der Waals surface area contributed by atoms with Crippen LogP contribution in [-0.4, -0.2) is 25.2 Å². The molecule has 0 unspecified atom stereocenters. The second kappa shape index (κ2) is 10.9. The van der Waals surface area contributed by atoms with Gasteiger partial charge in [0.2, 0.25) is 0 Å². The molecule has 1 fully saturated rings. The highest BCUT2D eigenvalue weighted by atomic mass is 127. The number of aliphatic imine (C=N–C) groups is 1. The second-order valence-corrected chi connectivity index (χ2v) is 6.20. The van der Waals surface area contributed by atoms with Gasteiger partial charge in [0.25, 0.3) is 0 Å². The van der Waals surface area contributed by atoms with Gasteiger partial charge in [0, 0.05) is 13.1 Å². The van der Waals surface area contributed by atoms with E-state index >= 15 is 0 Å². The van der Waals surface area contributed by atoms with Gasteiger partial charge in [0.1, 0.15) is 0 Å². The van der Waals surface area contributed by atoms with Gasteiger partial charge in [-0.15, -0.1) is 24.0 Å². The Morgan fingerprint density at radius 2 is 2.00 bits per heavy atom. The SMILES string of the molecule is CCNC(=NCc1cccc(COC(C)C)c1)NCC1CC1.I. The van der Waals surface area contributed by atoms with Crippen molar-refractivity contribution < 1.29 is 4.74 Å². The van der Waals surface area contributed by atoms with Gasteiger partial charge in [0.05, 0.1) is 19.3 Å². The van der Waals surface area contributed by atoms with E-state index in [0.717, 1.165) is 25.0 Å². The van der Waals surface area contributed by atoms with E-state index in [-0.39, 0.29) is 30.1 Å². The second-order valence-electron chi connectivity index (χ2n) is 6.20. The molecule has 0 aromatic heterocycles. The van der Waals surface area contributed by atoms with E-state index < -0.39 is 0 Å². The number of ether oxygens (including phenoxy) is 1. The lowest BCUT2D eigenvalue weighted by atomic mass is 10.1. The van der Waals surface area contributed by atoms with Crippen LogP contribution in [0.3, 0.4) is 0 Å². The molecule has 0 saturated heterocycles. The maximum absolute atomic E-state index is 5.66. The van der Waals surface area contributed by atoms with Crippen LogP contribution in [0.1, 0.15) is 44.7 Å². The molecule has 5 heteroatoms. The molecule has 2 rings (SSSR count). The van der Waals surface area contributed by atoms with Gasteiger partial charge in [-0.2, -0.15) is 0 Å². The molecule has 0 bridgehead atoms. The summed E-state index contributed by atoms with van der Waals surface area (Å²) >= 11 is 0. The lowest BCUT2D eigenvalue weighted by Gasteiger charge is -2.11.